The van der Waals surface area contributed by atoms with Crippen molar-refractivity contribution in [2.45, 2.75) is 18.8 Å². The van der Waals surface area contributed by atoms with E-state index in [2.05, 4.69) is 15.0 Å². The van der Waals surface area contributed by atoms with E-state index in [0.717, 1.165) is 36.0 Å². The number of hydrogen-bond donors (Lipinski definition) is 0. The molecule has 0 N–H and O–H groups in total. The van der Waals surface area contributed by atoms with Gasteiger partial charge in [0, 0.05) is 49.2 Å². The Bertz CT molecular complexity index is 865. The molecule has 0 bridgehead atoms. The number of piperidine rings is 1. The molecule has 1 saturated heterocycles. The Hall–Kier alpha value is -2.82. The molecule has 1 unspecified atom stereocenters. The first-order valence-corrected chi connectivity index (χ1v) is 8.21. The van der Waals surface area contributed by atoms with Crippen LogP contribution in [0.3, 0.4) is 0 Å². The summed E-state index contributed by atoms with van der Waals surface area (Å²) in [6, 6.07) is 9.78. The minimum Gasteiger partial charge on any atom is -0.338 e. The number of likely N-dealkylation sites (tertiary alicyclic amines) is 1. The van der Waals surface area contributed by atoms with E-state index >= 15 is 0 Å². The highest BCUT2D eigenvalue weighted by molar-refractivity contribution is 5.97. The number of para-hydroxylation sites is 1. The van der Waals surface area contributed by atoms with Crippen molar-refractivity contribution < 1.29 is 4.79 Å². The van der Waals surface area contributed by atoms with Crippen LogP contribution in [0.5, 0.6) is 0 Å². The molecule has 1 aromatic carbocycles. The van der Waals surface area contributed by atoms with Gasteiger partial charge in [0.2, 0.25) is 0 Å². The van der Waals surface area contributed by atoms with E-state index in [9.17, 15) is 4.79 Å². The molecule has 0 radical (unpaired) electrons. The minimum atomic E-state index is 0.0434. The number of rotatable bonds is 2. The molecule has 3 aromatic rings. The summed E-state index contributed by atoms with van der Waals surface area (Å²) in [6.45, 7) is 1.47. The summed E-state index contributed by atoms with van der Waals surface area (Å²) in [7, 11) is 0. The summed E-state index contributed by atoms with van der Waals surface area (Å²) in [4.78, 5) is 27.7. The molecular formula is C19H18N4O. The van der Waals surface area contributed by atoms with Gasteiger partial charge in [-0.05, 0) is 25.0 Å². The zero-order valence-electron chi connectivity index (χ0n) is 13.3. The molecule has 2 aromatic heterocycles. The van der Waals surface area contributed by atoms with Gasteiger partial charge >= 0.3 is 0 Å². The van der Waals surface area contributed by atoms with Gasteiger partial charge in [-0.25, -0.2) is 0 Å². The molecular weight excluding hydrogens is 300 g/mol. The van der Waals surface area contributed by atoms with Crippen LogP contribution in [0.4, 0.5) is 0 Å². The van der Waals surface area contributed by atoms with Crippen LogP contribution in [0, 0.1) is 0 Å². The van der Waals surface area contributed by atoms with Crippen LogP contribution in [-0.2, 0) is 0 Å². The number of hydrogen-bond acceptors (Lipinski definition) is 4. The van der Waals surface area contributed by atoms with E-state index in [1.54, 1.807) is 24.8 Å². The van der Waals surface area contributed by atoms with Gasteiger partial charge in [-0.15, -0.1) is 0 Å². The average Bonchev–Trinajstić information content (AvgIpc) is 2.68. The number of fused-ring (bicyclic) bond motifs is 1. The summed E-state index contributed by atoms with van der Waals surface area (Å²) in [5.41, 5.74) is 2.52. The molecule has 120 valence electrons. The lowest BCUT2D eigenvalue weighted by molar-refractivity contribution is 0.0705. The Morgan fingerprint density at radius 2 is 2.04 bits per heavy atom. The van der Waals surface area contributed by atoms with Crippen LogP contribution in [-0.4, -0.2) is 38.8 Å². The number of carbonyl (C=O) groups excluding carboxylic acids is 1. The predicted octanol–water partition coefficient (Wildman–Crippen LogP) is 3.04. The van der Waals surface area contributed by atoms with Gasteiger partial charge < -0.3 is 4.90 Å². The van der Waals surface area contributed by atoms with Gasteiger partial charge in [-0.3, -0.25) is 19.7 Å². The van der Waals surface area contributed by atoms with Crippen LogP contribution < -0.4 is 0 Å². The lowest BCUT2D eigenvalue weighted by Gasteiger charge is -2.32. The van der Waals surface area contributed by atoms with E-state index in [4.69, 9.17) is 0 Å². The first-order chi connectivity index (χ1) is 11.8. The largest absolute Gasteiger partial charge is 0.338 e. The van der Waals surface area contributed by atoms with E-state index in [-0.39, 0.29) is 11.8 Å². The molecule has 24 heavy (non-hydrogen) atoms. The van der Waals surface area contributed by atoms with Crippen molar-refractivity contribution in [3.8, 4) is 0 Å². The lowest BCUT2D eigenvalue weighted by atomic mass is 9.94. The average molecular weight is 318 g/mol. The van der Waals surface area contributed by atoms with Crippen molar-refractivity contribution >= 4 is 16.8 Å². The summed E-state index contributed by atoms with van der Waals surface area (Å²) in [5.74, 6) is 0.298. The molecule has 1 atom stereocenters. The molecule has 1 aliphatic heterocycles. The third-order valence-electron chi connectivity index (χ3n) is 4.55. The van der Waals surface area contributed by atoms with Crippen molar-refractivity contribution in [1.29, 1.82) is 0 Å². The van der Waals surface area contributed by atoms with Crippen LogP contribution in [0.1, 0.15) is 34.8 Å². The Morgan fingerprint density at radius 3 is 2.92 bits per heavy atom. The van der Waals surface area contributed by atoms with E-state index in [1.165, 1.54) is 0 Å². The topological polar surface area (TPSA) is 59.0 Å². The van der Waals surface area contributed by atoms with Crippen LogP contribution in [0.15, 0.2) is 55.1 Å². The van der Waals surface area contributed by atoms with E-state index < -0.39 is 0 Å². The van der Waals surface area contributed by atoms with Crippen molar-refractivity contribution in [1.82, 2.24) is 19.9 Å². The normalized spacial score (nSPS) is 17.8. The van der Waals surface area contributed by atoms with Gasteiger partial charge in [0.15, 0.2) is 0 Å². The molecule has 4 rings (SSSR count). The molecule has 0 aliphatic carbocycles. The van der Waals surface area contributed by atoms with Gasteiger partial charge in [0.05, 0.1) is 16.8 Å². The Labute approximate surface area is 140 Å². The highest BCUT2D eigenvalue weighted by atomic mass is 16.2. The van der Waals surface area contributed by atoms with Gasteiger partial charge in [-0.1, -0.05) is 18.2 Å². The van der Waals surface area contributed by atoms with Gasteiger partial charge in [0.1, 0.15) is 0 Å². The molecule has 1 amide bonds. The highest BCUT2D eigenvalue weighted by Crippen LogP contribution is 2.26. The number of benzene rings is 1. The first-order valence-electron chi connectivity index (χ1n) is 8.21. The predicted molar refractivity (Wildman–Crippen MR) is 91.7 cm³/mol. The fraction of sp³-hybridized carbons (Fsp3) is 0.263. The van der Waals surface area contributed by atoms with Crippen molar-refractivity contribution in [2.75, 3.05) is 13.1 Å². The zero-order valence-corrected chi connectivity index (χ0v) is 13.3. The SMILES string of the molecule is O=C(c1cnc2ccccc2c1)N1CCCC(c2cnccn2)C1. The standard InChI is InChI=1S/C19H18N4O/c24-19(16-10-14-4-1-2-6-17(14)22-11-16)23-9-3-5-15(13-23)18-12-20-7-8-21-18/h1-2,4,6-8,10-12,15H,3,5,9,13H2. The summed E-state index contributed by atoms with van der Waals surface area (Å²) in [5, 5.41) is 0.992. The monoisotopic (exact) mass is 318 g/mol. The second-order valence-electron chi connectivity index (χ2n) is 6.14. The zero-order chi connectivity index (χ0) is 16.4. The Morgan fingerprint density at radius 1 is 1.12 bits per heavy atom. The molecule has 1 aliphatic rings. The summed E-state index contributed by atoms with van der Waals surface area (Å²) < 4.78 is 0. The third-order valence-corrected chi connectivity index (χ3v) is 4.55. The first kappa shape index (κ1) is 14.8. The maximum Gasteiger partial charge on any atom is 0.255 e. The molecule has 5 heteroatoms. The fourth-order valence-corrected chi connectivity index (χ4v) is 3.30. The lowest BCUT2D eigenvalue weighted by Crippen LogP contribution is -2.39. The summed E-state index contributed by atoms with van der Waals surface area (Å²) >= 11 is 0. The van der Waals surface area contributed by atoms with Crippen LogP contribution in [0.2, 0.25) is 0 Å². The number of pyridine rings is 1. The molecule has 0 saturated carbocycles. The van der Waals surface area contributed by atoms with Gasteiger partial charge in [-0.2, -0.15) is 0 Å². The van der Waals surface area contributed by atoms with Crippen molar-refractivity contribution in [3.63, 3.8) is 0 Å². The third kappa shape index (κ3) is 2.85. The summed E-state index contributed by atoms with van der Waals surface area (Å²) in [6.07, 6.45) is 8.89. The number of amides is 1. The van der Waals surface area contributed by atoms with Gasteiger partial charge in [0.25, 0.3) is 5.91 Å². The number of carbonyl (C=O) groups is 1. The van der Waals surface area contributed by atoms with Crippen LogP contribution >= 0.6 is 0 Å². The number of nitrogens with zero attached hydrogens (tertiary/aromatic N) is 4. The van der Waals surface area contributed by atoms with Crippen molar-refractivity contribution in [2.24, 2.45) is 0 Å². The molecule has 3 heterocycles. The number of aromatic nitrogens is 3. The molecule has 0 spiro atoms. The quantitative estimate of drug-likeness (QED) is 0.728. The second kappa shape index (κ2) is 6.35. The van der Waals surface area contributed by atoms with E-state index in [1.807, 2.05) is 35.2 Å². The Kier molecular flexibility index (Phi) is 3.91. The van der Waals surface area contributed by atoms with Crippen molar-refractivity contribution in [3.05, 3.63) is 66.4 Å². The molecule has 5 nitrogen and oxygen atoms in total. The van der Waals surface area contributed by atoms with Crippen LogP contribution in [0.25, 0.3) is 10.9 Å². The fourth-order valence-electron chi connectivity index (χ4n) is 3.30. The highest BCUT2D eigenvalue weighted by Gasteiger charge is 2.26. The maximum atomic E-state index is 12.9. The van der Waals surface area contributed by atoms with E-state index in [0.29, 0.717) is 12.1 Å². The Balaban J connectivity index is 1.56. The maximum absolute atomic E-state index is 12.9. The second-order valence-corrected chi connectivity index (χ2v) is 6.14. The molecule has 1 fully saturated rings. The minimum absolute atomic E-state index is 0.0434. The smallest absolute Gasteiger partial charge is 0.255 e.